The largest absolute Gasteiger partial charge is 0.385 e. The number of allylic oxidation sites excluding steroid dienone is 4. The van der Waals surface area contributed by atoms with Crippen LogP contribution in [-0.2, 0) is 9.09 Å². The van der Waals surface area contributed by atoms with Crippen LogP contribution in [0.25, 0.3) is 0 Å². The SMILES string of the molecule is CCCCCC=CCCCCC=CCCCCOP(=O)(O)C(CC)[N+](C)(C)C. The molecule has 0 fully saturated rings. The molecule has 0 aliphatic carbocycles. The van der Waals surface area contributed by atoms with E-state index in [1.54, 1.807) is 0 Å². The van der Waals surface area contributed by atoms with Gasteiger partial charge in [0.25, 0.3) is 0 Å². The van der Waals surface area contributed by atoms with E-state index >= 15 is 0 Å². The second-order valence-electron chi connectivity index (χ2n) is 8.62. The highest BCUT2D eigenvalue weighted by Gasteiger charge is 2.41. The molecular weight excluding hydrogens is 369 g/mol. The van der Waals surface area contributed by atoms with E-state index in [2.05, 4.69) is 31.2 Å². The quantitative estimate of drug-likeness (QED) is 0.113. The third-order valence-electron chi connectivity index (χ3n) is 4.98. The average Bonchev–Trinajstić information content (AvgIpc) is 2.60. The minimum absolute atomic E-state index is 0.362. The van der Waals surface area contributed by atoms with E-state index in [4.69, 9.17) is 4.52 Å². The molecule has 0 aliphatic heterocycles. The number of hydrogen-bond donors (Lipinski definition) is 1. The first-order valence-corrected chi connectivity index (χ1v) is 13.0. The van der Waals surface area contributed by atoms with Crippen molar-refractivity contribution in [3.8, 4) is 0 Å². The van der Waals surface area contributed by atoms with Gasteiger partial charge >= 0.3 is 7.60 Å². The van der Waals surface area contributed by atoms with Gasteiger partial charge in [-0.2, -0.15) is 0 Å². The molecule has 0 aromatic heterocycles. The third kappa shape index (κ3) is 14.6. The van der Waals surface area contributed by atoms with Gasteiger partial charge in [0.1, 0.15) is 0 Å². The molecule has 0 spiro atoms. The van der Waals surface area contributed by atoms with Gasteiger partial charge in [0, 0.05) is 6.42 Å². The van der Waals surface area contributed by atoms with Gasteiger partial charge in [-0.3, -0.25) is 4.57 Å². The van der Waals surface area contributed by atoms with Crippen molar-refractivity contribution in [2.45, 2.75) is 96.7 Å². The van der Waals surface area contributed by atoms with E-state index < -0.39 is 7.60 Å². The summed E-state index contributed by atoms with van der Waals surface area (Å²) in [6, 6.07) is 0. The van der Waals surface area contributed by atoms with Gasteiger partial charge in [0.15, 0.2) is 5.78 Å². The minimum atomic E-state index is -3.56. The zero-order valence-corrected chi connectivity index (χ0v) is 20.1. The van der Waals surface area contributed by atoms with Gasteiger partial charge in [-0.15, -0.1) is 0 Å². The van der Waals surface area contributed by atoms with Crippen molar-refractivity contribution in [2.24, 2.45) is 0 Å². The highest BCUT2D eigenvalue weighted by atomic mass is 31.2. The van der Waals surface area contributed by atoms with Crippen LogP contribution in [0.2, 0.25) is 0 Å². The van der Waals surface area contributed by atoms with Crippen LogP contribution in [0.1, 0.15) is 90.9 Å². The lowest BCUT2D eigenvalue weighted by atomic mass is 10.1. The molecule has 0 amide bonds. The van der Waals surface area contributed by atoms with Crippen LogP contribution in [0.15, 0.2) is 24.3 Å². The molecule has 166 valence electrons. The lowest BCUT2D eigenvalue weighted by Gasteiger charge is -2.35. The van der Waals surface area contributed by atoms with Crippen LogP contribution >= 0.6 is 7.60 Å². The Balaban J connectivity index is 3.67. The van der Waals surface area contributed by atoms with E-state index in [0.29, 0.717) is 17.5 Å². The molecule has 0 saturated heterocycles. The van der Waals surface area contributed by atoms with Crippen LogP contribution in [0.3, 0.4) is 0 Å². The van der Waals surface area contributed by atoms with Crippen LogP contribution in [0.5, 0.6) is 0 Å². The monoisotopic (exact) mass is 416 g/mol. The maximum atomic E-state index is 12.4. The van der Waals surface area contributed by atoms with Gasteiger partial charge in [-0.25, -0.2) is 0 Å². The molecule has 0 bridgehead atoms. The summed E-state index contributed by atoms with van der Waals surface area (Å²) in [5.41, 5.74) is 0. The van der Waals surface area contributed by atoms with E-state index in [1.807, 2.05) is 28.1 Å². The molecule has 4 nitrogen and oxygen atoms in total. The lowest BCUT2D eigenvalue weighted by molar-refractivity contribution is -0.883. The van der Waals surface area contributed by atoms with Crippen LogP contribution in [0.4, 0.5) is 0 Å². The fourth-order valence-corrected chi connectivity index (χ4v) is 5.27. The van der Waals surface area contributed by atoms with Crippen LogP contribution in [-0.4, -0.2) is 42.9 Å². The molecule has 0 heterocycles. The van der Waals surface area contributed by atoms with Gasteiger partial charge in [-0.1, -0.05) is 51.0 Å². The Morgan fingerprint density at radius 1 is 0.821 bits per heavy atom. The van der Waals surface area contributed by atoms with E-state index in [9.17, 15) is 9.46 Å². The van der Waals surface area contributed by atoms with Crippen molar-refractivity contribution < 1.29 is 18.5 Å². The maximum absolute atomic E-state index is 12.4. The minimum Gasteiger partial charge on any atom is -0.320 e. The summed E-state index contributed by atoms with van der Waals surface area (Å²) in [5.74, 6) is -0.362. The third-order valence-corrected chi connectivity index (χ3v) is 7.34. The Morgan fingerprint density at radius 3 is 1.64 bits per heavy atom. The molecular formula is C23H47NO3P+. The first kappa shape index (κ1) is 27.6. The fourth-order valence-electron chi connectivity index (χ4n) is 3.37. The molecule has 0 aromatic rings. The number of quaternary nitrogens is 1. The van der Waals surface area contributed by atoms with Crippen LogP contribution < -0.4 is 0 Å². The summed E-state index contributed by atoms with van der Waals surface area (Å²) in [7, 11) is 2.25. The van der Waals surface area contributed by atoms with Crippen molar-refractivity contribution in [2.75, 3.05) is 27.7 Å². The topological polar surface area (TPSA) is 46.5 Å². The zero-order chi connectivity index (χ0) is 21.3. The van der Waals surface area contributed by atoms with Crippen molar-refractivity contribution >= 4 is 7.60 Å². The maximum Gasteiger partial charge on any atom is 0.385 e. The number of hydrogen-bond acceptors (Lipinski definition) is 2. The van der Waals surface area contributed by atoms with Gasteiger partial charge in [0.05, 0.1) is 27.7 Å². The predicted molar refractivity (Wildman–Crippen MR) is 123 cm³/mol. The highest BCUT2D eigenvalue weighted by molar-refractivity contribution is 7.53. The van der Waals surface area contributed by atoms with Crippen molar-refractivity contribution in [1.82, 2.24) is 0 Å². The molecule has 0 rings (SSSR count). The Labute approximate surface area is 175 Å². The molecule has 0 aliphatic rings. The molecule has 0 aromatic carbocycles. The summed E-state index contributed by atoms with van der Waals surface area (Å²) in [6.45, 7) is 4.55. The average molecular weight is 417 g/mol. The molecule has 5 heteroatoms. The summed E-state index contributed by atoms with van der Waals surface area (Å²) < 4.78 is 18.3. The van der Waals surface area contributed by atoms with Crippen LogP contribution in [0, 0.1) is 0 Å². The first-order valence-electron chi connectivity index (χ1n) is 11.3. The summed E-state index contributed by atoms with van der Waals surface area (Å²) >= 11 is 0. The summed E-state index contributed by atoms with van der Waals surface area (Å²) in [4.78, 5) is 10.2. The second-order valence-corrected chi connectivity index (χ2v) is 10.6. The smallest absolute Gasteiger partial charge is 0.320 e. The number of rotatable bonds is 18. The van der Waals surface area contributed by atoms with E-state index in [0.717, 1.165) is 25.7 Å². The predicted octanol–water partition coefficient (Wildman–Crippen LogP) is 7.05. The fraction of sp³-hybridized carbons (Fsp3) is 0.826. The van der Waals surface area contributed by atoms with Gasteiger partial charge in [0.2, 0.25) is 0 Å². The Bertz CT molecular complexity index is 469. The molecule has 2 unspecified atom stereocenters. The Hall–Kier alpha value is -0.410. The van der Waals surface area contributed by atoms with Crippen molar-refractivity contribution in [3.63, 3.8) is 0 Å². The van der Waals surface area contributed by atoms with E-state index in [-0.39, 0.29) is 5.78 Å². The Kier molecular flexibility index (Phi) is 16.2. The zero-order valence-electron chi connectivity index (χ0n) is 19.2. The first-order chi connectivity index (χ1) is 13.3. The Morgan fingerprint density at radius 2 is 1.25 bits per heavy atom. The standard InChI is InChI=1S/C23H46NO3P/c1-6-8-9-10-11-12-13-14-15-16-17-18-19-20-21-22-27-28(25,26)23(7-2)24(3,4)5/h11-12,17-18,23H,6-10,13-16,19-22H2,1-5H3/p+1. The van der Waals surface area contributed by atoms with Gasteiger partial charge < -0.3 is 13.9 Å². The molecule has 2 atom stereocenters. The van der Waals surface area contributed by atoms with Crippen molar-refractivity contribution in [3.05, 3.63) is 24.3 Å². The molecule has 28 heavy (non-hydrogen) atoms. The summed E-state index contributed by atoms with van der Waals surface area (Å²) in [6.07, 6.45) is 22.7. The normalized spacial score (nSPS) is 16.1. The number of unbranched alkanes of at least 4 members (excludes halogenated alkanes) is 8. The van der Waals surface area contributed by atoms with Crippen molar-refractivity contribution in [1.29, 1.82) is 0 Å². The van der Waals surface area contributed by atoms with E-state index in [1.165, 1.54) is 44.9 Å². The molecule has 1 N–H and O–H groups in total. The highest BCUT2D eigenvalue weighted by Crippen LogP contribution is 2.51. The number of nitrogens with zero attached hydrogens (tertiary/aromatic N) is 1. The molecule has 0 saturated carbocycles. The molecule has 0 radical (unpaired) electrons. The second kappa shape index (κ2) is 16.4. The summed E-state index contributed by atoms with van der Waals surface area (Å²) in [5, 5.41) is 0. The van der Waals surface area contributed by atoms with Gasteiger partial charge in [-0.05, 0) is 57.8 Å². The lowest BCUT2D eigenvalue weighted by Crippen LogP contribution is -2.44.